The van der Waals surface area contributed by atoms with Crippen molar-refractivity contribution in [2.45, 2.75) is 38.5 Å². The molecule has 22 aromatic rings. The highest BCUT2D eigenvalue weighted by molar-refractivity contribution is 6.30. The average molecular weight is 1350 g/mol. The Morgan fingerprint density at radius 1 is 0.198 bits per heavy atom. The molecule has 0 saturated heterocycles. The molecule has 0 unspecified atom stereocenters. The second-order valence-corrected chi connectivity index (χ2v) is 30.7. The van der Waals surface area contributed by atoms with E-state index < -0.39 is 5.41 Å². The van der Waals surface area contributed by atoms with E-state index in [0.29, 0.717) is 0 Å². The van der Waals surface area contributed by atoms with Crippen LogP contribution in [-0.2, 0) is 10.8 Å². The molecule has 0 spiro atoms. The molecule has 0 aliphatic heterocycles. The van der Waals surface area contributed by atoms with E-state index in [2.05, 4.69) is 325 Å². The average Bonchev–Trinajstić information content (AvgIpc) is 1.51. The minimum Gasteiger partial charge on any atom is -0.456 e. The van der Waals surface area contributed by atoms with Crippen LogP contribution in [0.15, 0.2) is 321 Å². The molecule has 0 saturated carbocycles. The van der Waals surface area contributed by atoms with Gasteiger partial charge >= 0.3 is 0 Å². The van der Waals surface area contributed by atoms with E-state index in [9.17, 15) is 0 Å². The summed E-state index contributed by atoms with van der Waals surface area (Å²) in [4.78, 5) is 0. The van der Waals surface area contributed by atoms with Crippen molar-refractivity contribution in [2.24, 2.45) is 0 Å². The molecule has 2 aliphatic rings. The molecule has 0 amide bonds. The first-order valence-electron chi connectivity index (χ1n) is 36.9. The van der Waals surface area contributed by atoms with Crippen molar-refractivity contribution in [3.63, 3.8) is 0 Å². The number of furan rings is 4. The van der Waals surface area contributed by atoms with Gasteiger partial charge in [-0.15, -0.1) is 0 Å². The van der Waals surface area contributed by atoms with Crippen LogP contribution in [0.4, 0.5) is 0 Å². The Kier molecular flexibility index (Phi) is 11.4. The number of para-hydroxylation sites is 1. The second kappa shape index (κ2) is 20.8. The zero-order chi connectivity index (χ0) is 69.7. The number of hydrogen-bond donors (Lipinski definition) is 0. The van der Waals surface area contributed by atoms with Crippen molar-refractivity contribution in [2.75, 3.05) is 0 Å². The van der Waals surface area contributed by atoms with E-state index in [4.69, 9.17) is 17.7 Å². The molecular weight excluding hydrogens is 1290 g/mol. The lowest BCUT2D eigenvalue weighted by atomic mass is 9.76. The fourth-order valence-corrected chi connectivity index (χ4v) is 19.8. The molecule has 4 aromatic heterocycles. The maximum atomic E-state index is 7.43. The topological polar surface area (TPSA) is 52.6 Å². The summed E-state index contributed by atoms with van der Waals surface area (Å²) in [7, 11) is 0. The summed E-state index contributed by atoms with van der Waals surface area (Å²) in [5.74, 6) is 0. The number of rotatable bonds is 5. The fraction of sp³-hybridized carbons (Fsp3) is 0.0588. The van der Waals surface area contributed by atoms with Gasteiger partial charge in [0.05, 0.1) is 0 Å². The highest BCUT2D eigenvalue weighted by Gasteiger charge is 2.42. The van der Waals surface area contributed by atoms with Crippen LogP contribution in [0.3, 0.4) is 0 Å². The van der Waals surface area contributed by atoms with Crippen molar-refractivity contribution < 1.29 is 17.7 Å². The Bertz CT molecular complexity index is 7650. The van der Waals surface area contributed by atoms with Crippen LogP contribution in [0.2, 0.25) is 0 Å². The molecule has 494 valence electrons. The maximum Gasteiger partial charge on any atom is 0.143 e. The molecule has 0 fully saturated rings. The van der Waals surface area contributed by atoms with E-state index in [0.717, 1.165) is 137 Å². The van der Waals surface area contributed by atoms with Crippen molar-refractivity contribution in [1.29, 1.82) is 0 Å². The first-order valence-corrected chi connectivity index (χ1v) is 36.9. The third kappa shape index (κ3) is 7.71. The van der Waals surface area contributed by atoms with Gasteiger partial charge in [0.2, 0.25) is 0 Å². The molecule has 0 atom stereocenters. The van der Waals surface area contributed by atoms with Gasteiger partial charge in [-0.25, -0.2) is 0 Å². The predicted molar refractivity (Wildman–Crippen MR) is 443 cm³/mol. The highest BCUT2D eigenvalue weighted by atomic mass is 16.3. The molecule has 0 bridgehead atoms. The van der Waals surface area contributed by atoms with Crippen LogP contribution < -0.4 is 0 Å². The summed E-state index contributed by atoms with van der Waals surface area (Å²) in [6.45, 7) is 9.62. The SMILES string of the molecule is CC1(C)c2cc(-c3ccc4c(c3)oc3cc(-c5c6ccccc6c(-c6c7c(cc8c6oc6c9ccccc9ccc86)-c6ccccc6C7(C)C)c6ccccc56)ccc34)ccc2-c2c1cc(-c1c3ccccc3c(-c3ccc4c(c3)oc3ccccc34)c3ccccc13)c1oc3cc4ccccc4cc3c21. The standard InChI is InChI=1S/C102H62O4/c1-101(2)83-48-58(39-46-77(83)94-84(101)54-81(100-95(94)80-47-56-22-5-6-23-57(56)49-89(80)105-100)92-72-31-13-9-27-68(72)90(69-28-10-14-32-73(69)92)60-40-43-65-64-26-18-20-36-85(64)103-87(65)51-60)59-38-42-66-67-44-41-61(52-88(67)104-86(66)50-59)91-70-29-11-15-33-74(70)93(75-34-16-12-30-71(75)91)96-97-78(63-25-17-19-35-82(63)102(97,3)4)53-79-76-45-37-55-21-7-8-24-62(55)98(76)106-99(79)96/h5-54H,1-4H3. The number of fused-ring (bicyclic) bond motifs is 26. The predicted octanol–water partition coefficient (Wildman–Crippen LogP) is 29.2. The quantitative estimate of drug-likeness (QED) is 0.161. The van der Waals surface area contributed by atoms with Crippen LogP contribution in [0.1, 0.15) is 49.9 Å². The minimum atomic E-state index is -0.414. The molecule has 0 radical (unpaired) electrons. The van der Waals surface area contributed by atoms with Gasteiger partial charge in [-0.1, -0.05) is 252 Å². The Morgan fingerprint density at radius 3 is 1.31 bits per heavy atom. The van der Waals surface area contributed by atoms with E-state index in [1.165, 1.54) is 115 Å². The normalized spacial score (nSPS) is 13.8. The molecule has 18 aromatic carbocycles. The van der Waals surface area contributed by atoms with Gasteiger partial charge in [0.15, 0.2) is 0 Å². The maximum absolute atomic E-state index is 7.43. The lowest BCUT2D eigenvalue weighted by Gasteiger charge is -2.26. The zero-order valence-corrected chi connectivity index (χ0v) is 58.5. The van der Waals surface area contributed by atoms with Gasteiger partial charge in [-0.2, -0.15) is 0 Å². The largest absolute Gasteiger partial charge is 0.456 e. The van der Waals surface area contributed by atoms with Crippen molar-refractivity contribution >= 4 is 152 Å². The minimum absolute atomic E-state index is 0.324. The van der Waals surface area contributed by atoms with Crippen molar-refractivity contribution in [3.8, 4) is 77.9 Å². The molecule has 2 aliphatic carbocycles. The van der Waals surface area contributed by atoms with E-state index in [-0.39, 0.29) is 5.41 Å². The molecule has 0 N–H and O–H groups in total. The van der Waals surface area contributed by atoms with Gasteiger partial charge in [0.25, 0.3) is 0 Å². The summed E-state index contributed by atoms with van der Waals surface area (Å²) >= 11 is 0. The molecular formula is C102H62O4. The summed E-state index contributed by atoms with van der Waals surface area (Å²) in [5, 5.41) is 22.9. The van der Waals surface area contributed by atoms with Gasteiger partial charge in [0.1, 0.15) is 44.7 Å². The monoisotopic (exact) mass is 1350 g/mol. The van der Waals surface area contributed by atoms with Crippen LogP contribution in [0, 0.1) is 0 Å². The summed E-state index contributed by atoms with van der Waals surface area (Å²) < 4.78 is 28.6. The molecule has 106 heavy (non-hydrogen) atoms. The van der Waals surface area contributed by atoms with Crippen LogP contribution in [-0.4, -0.2) is 0 Å². The van der Waals surface area contributed by atoms with Gasteiger partial charge in [-0.05, 0) is 216 Å². The van der Waals surface area contributed by atoms with Crippen LogP contribution in [0.5, 0.6) is 0 Å². The first-order chi connectivity index (χ1) is 52.1. The molecule has 4 heteroatoms. The lowest BCUT2D eigenvalue weighted by Crippen LogP contribution is -2.16. The van der Waals surface area contributed by atoms with Crippen molar-refractivity contribution in [1.82, 2.24) is 0 Å². The van der Waals surface area contributed by atoms with E-state index in [1.54, 1.807) is 0 Å². The second-order valence-electron chi connectivity index (χ2n) is 30.7. The Balaban J connectivity index is 0.655. The number of hydrogen-bond acceptors (Lipinski definition) is 4. The third-order valence-corrected chi connectivity index (χ3v) is 24.6. The Morgan fingerprint density at radius 2 is 0.670 bits per heavy atom. The van der Waals surface area contributed by atoms with Crippen LogP contribution >= 0.6 is 0 Å². The Hall–Kier alpha value is -13.3. The Labute approximate surface area is 608 Å². The number of benzene rings is 18. The summed E-state index contributed by atoms with van der Waals surface area (Å²) in [6, 6.07) is 112. The molecule has 4 nitrogen and oxygen atoms in total. The van der Waals surface area contributed by atoms with Gasteiger partial charge < -0.3 is 17.7 Å². The zero-order valence-electron chi connectivity index (χ0n) is 58.5. The third-order valence-electron chi connectivity index (χ3n) is 24.6. The molecule has 4 heterocycles. The highest BCUT2D eigenvalue weighted by Crippen LogP contribution is 2.61. The van der Waals surface area contributed by atoms with Gasteiger partial charge in [0, 0.05) is 81.6 Å². The van der Waals surface area contributed by atoms with Crippen LogP contribution in [0.25, 0.3) is 230 Å². The van der Waals surface area contributed by atoms with Crippen molar-refractivity contribution in [3.05, 3.63) is 326 Å². The van der Waals surface area contributed by atoms with E-state index >= 15 is 0 Å². The summed E-state index contributed by atoms with van der Waals surface area (Å²) in [6.07, 6.45) is 0. The molecule has 24 rings (SSSR count). The first kappa shape index (κ1) is 58.2. The smallest absolute Gasteiger partial charge is 0.143 e. The van der Waals surface area contributed by atoms with Gasteiger partial charge in [-0.3, -0.25) is 0 Å². The lowest BCUT2D eigenvalue weighted by molar-refractivity contribution is 0.651. The fourth-order valence-electron chi connectivity index (χ4n) is 19.8. The summed E-state index contributed by atoms with van der Waals surface area (Å²) in [5.41, 5.74) is 28.0. The van der Waals surface area contributed by atoms with E-state index in [1.807, 2.05) is 6.07 Å².